The van der Waals surface area contributed by atoms with E-state index in [9.17, 15) is 14.7 Å². The van der Waals surface area contributed by atoms with Crippen molar-refractivity contribution in [1.82, 2.24) is 24.4 Å². The minimum Gasteiger partial charge on any atom is -0.389 e. The summed E-state index contributed by atoms with van der Waals surface area (Å²) in [6.45, 7) is 4.85. The molecule has 0 saturated carbocycles. The topological polar surface area (TPSA) is 91.0 Å². The number of aromatic nitrogens is 3. The molecular formula is C16H20BrN5O3. The Labute approximate surface area is 153 Å². The van der Waals surface area contributed by atoms with Crippen LogP contribution in [0.4, 0.5) is 0 Å². The van der Waals surface area contributed by atoms with Crippen molar-refractivity contribution in [1.29, 1.82) is 0 Å². The van der Waals surface area contributed by atoms with E-state index in [4.69, 9.17) is 0 Å². The molecular weight excluding hydrogens is 390 g/mol. The number of hydrogen-bond acceptors (Lipinski definition) is 5. The van der Waals surface area contributed by atoms with Gasteiger partial charge in [0, 0.05) is 38.1 Å². The van der Waals surface area contributed by atoms with Gasteiger partial charge in [-0.3, -0.25) is 9.59 Å². The van der Waals surface area contributed by atoms with Gasteiger partial charge in [-0.15, -0.1) is 0 Å². The molecule has 3 rings (SSSR count). The molecule has 1 N–H and O–H groups in total. The van der Waals surface area contributed by atoms with E-state index in [1.165, 1.54) is 9.42 Å². The third-order valence-electron chi connectivity index (χ3n) is 3.91. The van der Waals surface area contributed by atoms with Crippen LogP contribution in [0, 0.1) is 5.92 Å². The van der Waals surface area contributed by atoms with Gasteiger partial charge in [0.25, 0.3) is 5.91 Å². The number of amides is 2. The number of rotatable bonds is 3. The fourth-order valence-corrected chi connectivity index (χ4v) is 3.18. The van der Waals surface area contributed by atoms with Crippen molar-refractivity contribution in [2.24, 2.45) is 5.92 Å². The summed E-state index contributed by atoms with van der Waals surface area (Å²) in [6.07, 6.45) is 2.54. The van der Waals surface area contributed by atoms with Gasteiger partial charge in [0.05, 0.1) is 10.6 Å². The van der Waals surface area contributed by atoms with Crippen molar-refractivity contribution >= 4 is 33.4 Å². The van der Waals surface area contributed by atoms with E-state index in [-0.39, 0.29) is 37.1 Å². The molecule has 1 aliphatic rings. The molecule has 2 amide bonds. The molecule has 9 heteroatoms. The van der Waals surface area contributed by atoms with Crippen LogP contribution in [0.25, 0.3) is 5.65 Å². The second-order valence-electron chi connectivity index (χ2n) is 6.64. The summed E-state index contributed by atoms with van der Waals surface area (Å²) in [7, 11) is 0. The van der Waals surface area contributed by atoms with Gasteiger partial charge in [0.15, 0.2) is 11.3 Å². The molecule has 3 heterocycles. The van der Waals surface area contributed by atoms with Gasteiger partial charge in [0.2, 0.25) is 5.91 Å². The molecule has 1 unspecified atom stereocenters. The molecule has 1 aliphatic heterocycles. The zero-order valence-corrected chi connectivity index (χ0v) is 15.7. The fourth-order valence-electron chi connectivity index (χ4n) is 2.89. The maximum atomic E-state index is 12.8. The molecule has 8 nitrogen and oxygen atoms in total. The summed E-state index contributed by atoms with van der Waals surface area (Å²) in [5.74, 6) is -0.259. The van der Waals surface area contributed by atoms with Crippen LogP contribution >= 0.6 is 15.9 Å². The smallest absolute Gasteiger partial charge is 0.275 e. The third kappa shape index (κ3) is 3.98. The van der Waals surface area contributed by atoms with Gasteiger partial charge in [-0.05, 0) is 21.8 Å². The van der Waals surface area contributed by atoms with Crippen LogP contribution in [0.2, 0.25) is 0 Å². The second kappa shape index (κ2) is 7.09. The van der Waals surface area contributed by atoms with Crippen LogP contribution in [0.1, 0.15) is 24.3 Å². The average molecular weight is 410 g/mol. The first-order chi connectivity index (χ1) is 11.8. The fraction of sp³-hybridized carbons (Fsp3) is 0.500. The number of carbonyl (C=O) groups is 2. The van der Waals surface area contributed by atoms with Crippen molar-refractivity contribution in [2.45, 2.75) is 20.0 Å². The lowest BCUT2D eigenvalue weighted by atomic mass is 10.2. The summed E-state index contributed by atoms with van der Waals surface area (Å²) < 4.78 is 2.24. The molecule has 0 radical (unpaired) electrons. The highest BCUT2D eigenvalue weighted by Crippen LogP contribution is 2.14. The summed E-state index contributed by atoms with van der Waals surface area (Å²) in [5, 5.41) is 14.4. The van der Waals surface area contributed by atoms with Crippen molar-refractivity contribution < 1.29 is 14.7 Å². The SMILES string of the molecule is CC(C)CN1CC(O)CN(C(=O)c2cc3ncc(Br)cn3n2)CC1=O. The average Bonchev–Trinajstić information content (AvgIpc) is 2.89. The Morgan fingerprint density at radius 2 is 2.20 bits per heavy atom. The van der Waals surface area contributed by atoms with Crippen LogP contribution in [-0.2, 0) is 4.79 Å². The third-order valence-corrected chi connectivity index (χ3v) is 4.32. The van der Waals surface area contributed by atoms with Gasteiger partial charge < -0.3 is 14.9 Å². The van der Waals surface area contributed by atoms with Gasteiger partial charge in [-0.25, -0.2) is 9.50 Å². The van der Waals surface area contributed by atoms with Crippen LogP contribution in [-0.4, -0.2) is 73.6 Å². The van der Waals surface area contributed by atoms with E-state index in [1.54, 1.807) is 23.4 Å². The standard InChI is InChI=1S/C16H20BrN5O3/c1-10(2)5-20-7-12(23)8-21(9-15(20)24)16(25)13-3-14-18-4-11(17)6-22(14)19-13/h3-4,6,10,12,23H,5,7-9H2,1-2H3. The van der Waals surface area contributed by atoms with E-state index < -0.39 is 6.10 Å². The maximum absolute atomic E-state index is 12.8. The number of β-amino-alcohol motifs (C(OH)–C–C–N with tert-alkyl or cyclic N) is 1. The van der Waals surface area contributed by atoms with Crippen LogP contribution in [0.3, 0.4) is 0 Å². The van der Waals surface area contributed by atoms with Gasteiger partial charge in [-0.2, -0.15) is 5.10 Å². The largest absolute Gasteiger partial charge is 0.389 e. The lowest BCUT2D eigenvalue weighted by molar-refractivity contribution is -0.131. The van der Waals surface area contributed by atoms with E-state index >= 15 is 0 Å². The minimum atomic E-state index is -0.779. The molecule has 2 aromatic rings. The Balaban J connectivity index is 1.81. The second-order valence-corrected chi connectivity index (χ2v) is 7.55. The molecule has 1 fully saturated rings. The monoisotopic (exact) mass is 409 g/mol. The number of carbonyl (C=O) groups excluding carboxylic acids is 2. The van der Waals surface area contributed by atoms with E-state index in [2.05, 4.69) is 26.0 Å². The Bertz CT molecular complexity index is 806. The van der Waals surface area contributed by atoms with Crippen LogP contribution in [0.15, 0.2) is 22.9 Å². The predicted molar refractivity (Wildman–Crippen MR) is 94.0 cm³/mol. The molecule has 1 atom stereocenters. The first kappa shape index (κ1) is 17.8. The Morgan fingerprint density at radius 1 is 1.44 bits per heavy atom. The number of hydrogen-bond donors (Lipinski definition) is 1. The van der Waals surface area contributed by atoms with Crippen molar-refractivity contribution in [3.63, 3.8) is 0 Å². The Hall–Kier alpha value is -2.00. The predicted octanol–water partition coefficient (Wildman–Crippen LogP) is 0.793. The molecule has 0 bridgehead atoms. The lowest BCUT2D eigenvalue weighted by Gasteiger charge is -2.23. The Morgan fingerprint density at radius 3 is 2.92 bits per heavy atom. The van der Waals surface area contributed by atoms with Gasteiger partial charge >= 0.3 is 0 Å². The first-order valence-corrected chi connectivity index (χ1v) is 8.89. The number of nitrogens with zero attached hydrogens (tertiary/aromatic N) is 5. The van der Waals surface area contributed by atoms with Crippen molar-refractivity contribution in [2.75, 3.05) is 26.2 Å². The van der Waals surface area contributed by atoms with Gasteiger partial charge in [-0.1, -0.05) is 13.8 Å². The van der Waals surface area contributed by atoms with Crippen molar-refractivity contribution in [3.8, 4) is 0 Å². The van der Waals surface area contributed by atoms with Crippen LogP contribution < -0.4 is 0 Å². The number of aliphatic hydroxyl groups is 1. The molecule has 0 aliphatic carbocycles. The number of halogens is 1. The molecule has 0 aromatic carbocycles. The quantitative estimate of drug-likeness (QED) is 0.808. The maximum Gasteiger partial charge on any atom is 0.275 e. The summed E-state index contributed by atoms with van der Waals surface area (Å²) >= 11 is 3.31. The normalized spacial score (nSPS) is 18.9. The van der Waals surface area contributed by atoms with Gasteiger partial charge in [0.1, 0.15) is 6.54 Å². The number of fused-ring (bicyclic) bond motifs is 1. The van der Waals surface area contributed by atoms with E-state index in [0.717, 1.165) is 4.47 Å². The highest BCUT2D eigenvalue weighted by molar-refractivity contribution is 9.10. The van der Waals surface area contributed by atoms with Crippen LogP contribution in [0.5, 0.6) is 0 Å². The number of aliphatic hydroxyl groups excluding tert-OH is 1. The molecule has 134 valence electrons. The Kier molecular flexibility index (Phi) is 5.05. The molecule has 2 aromatic heterocycles. The summed E-state index contributed by atoms with van der Waals surface area (Å²) in [6, 6.07) is 1.57. The summed E-state index contributed by atoms with van der Waals surface area (Å²) in [4.78, 5) is 32.3. The van der Waals surface area contributed by atoms with Crippen molar-refractivity contribution in [3.05, 3.63) is 28.6 Å². The minimum absolute atomic E-state index is 0.0619. The first-order valence-electron chi connectivity index (χ1n) is 8.09. The highest BCUT2D eigenvalue weighted by atomic mass is 79.9. The van der Waals surface area contributed by atoms with E-state index in [0.29, 0.717) is 18.1 Å². The highest BCUT2D eigenvalue weighted by Gasteiger charge is 2.31. The van der Waals surface area contributed by atoms with E-state index in [1.807, 2.05) is 13.8 Å². The molecule has 1 saturated heterocycles. The lowest BCUT2D eigenvalue weighted by Crippen LogP contribution is -2.40. The zero-order chi connectivity index (χ0) is 18.1. The summed E-state index contributed by atoms with van der Waals surface area (Å²) in [5.41, 5.74) is 0.734. The zero-order valence-electron chi connectivity index (χ0n) is 14.1. The molecule has 0 spiro atoms. The molecule has 25 heavy (non-hydrogen) atoms.